The predicted molar refractivity (Wildman–Crippen MR) is 127 cm³/mol. The van der Waals surface area contributed by atoms with Gasteiger partial charge in [0.1, 0.15) is 11.5 Å². The predicted octanol–water partition coefficient (Wildman–Crippen LogP) is 1.93. The fraction of sp³-hybridized carbons (Fsp3) is 0.417. The number of amides is 2. The molecule has 0 aromatic heterocycles. The number of carbonyl (C=O) groups excluding carboxylic acids is 2. The van der Waals surface area contributed by atoms with Crippen molar-refractivity contribution in [3.63, 3.8) is 0 Å². The Balaban J connectivity index is 1.47. The van der Waals surface area contributed by atoms with Gasteiger partial charge in [0.2, 0.25) is 21.8 Å². The third kappa shape index (κ3) is 6.48. The van der Waals surface area contributed by atoms with E-state index in [4.69, 9.17) is 9.47 Å². The van der Waals surface area contributed by atoms with Crippen molar-refractivity contribution in [1.29, 1.82) is 0 Å². The Labute approximate surface area is 200 Å². The van der Waals surface area contributed by atoms with E-state index in [-0.39, 0.29) is 36.2 Å². The van der Waals surface area contributed by atoms with Crippen LogP contribution in [0.1, 0.15) is 24.8 Å². The molecule has 0 unspecified atom stereocenters. The normalized spacial score (nSPS) is 16.5. The van der Waals surface area contributed by atoms with Crippen LogP contribution in [0.3, 0.4) is 0 Å². The SMILES string of the molecule is COc1ccc(S(=O)(=O)N2CCC[C@@H](C(=O)NCCC(=O)NCc3ccccc3OC)C2)cc1. The van der Waals surface area contributed by atoms with E-state index in [0.29, 0.717) is 37.4 Å². The minimum atomic E-state index is -3.70. The van der Waals surface area contributed by atoms with Gasteiger partial charge < -0.3 is 20.1 Å². The number of methoxy groups -OCH3 is 2. The third-order valence-corrected chi connectivity index (χ3v) is 7.65. The highest BCUT2D eigenvalue weighted by molar-refractivity contribution is 7.89. The summed E-state index contributed by atoms with van der Waals surface area (Å²) in [7, 11) is -0.614. The Hall–Kier alpha value is -3.11. The quantitative estimate of drug-likeness (QED) is 0.527. The Morgan fingerprint density at radius 2 is 1.76 bits per heavy atom. The first-order valence-corrected chi connectivity index (χ1v) is 12.6. The van der Waals surface area contributed by atoms with E-state index in [9.17, 15) is 18.0 Å². The molecule has 34 heavy (non-hydrogen) atoms. The van der Waals surface area contributed by atoms with Crippen LogP contribution in [0.2, 0.25) is 0 Å². The summed E-state index contributed by atoms with van der Waals surface area (Å²) in [5.41, 5.74) is 0.864. The maximum absolute atomic E-state index is 13.0. The summed E-state index contributed by atoms with van der Waals surface area (Å²) in [6.07, 6.45) is 1.31. The van der Waals surface area contributed by atoms with Gasteiger partial charge in [-0.15, -0.1) is 0 Å². The molecule has 1 aliphatic rings. The van der Waals surface area contributed by atoms with Crippen LogP contribution in [0, 0.1) is 5.92 Å². The van der Waals surface area contributed by atoms with Gasteiger partial charge in [0.15, 0.2) is 0 Å². The van der Waals surface area contributed by atoms with Crippen LogP contribution in [0.15, 0.2) is 53.4 Å². The summed E-state index contributed by atoms with van der Waals surface area (Å²) in [6, 6.07) is 13.6. The summed E-state index contributed by atoms with van der Waals surface area (Å²) < 4.78 is 37.7. The zero-order chi connectivity index (χ0) is 24.6. The van der Waals surface area contributed by atoms with Crippen molar-refractivity contribution in [2.45, 2.75) is 30.7 Å². The zero-order valence-electron chi connectivity index (χ0n) is 19.5. The van der Waals surface area contributed by atoms with Gasteiger partial charge in [-0.1, -0.05) is 18.2 Å². The summed E-state index contributed by atoms with van der Waals surface area (Å²) >= 11 is 0. The Bertz CT molecular complexity index is 1090. The first-order chi connectivity index (χ1) is 16.3. The van der Waals surface area contributed by atoms with Crippen molar-refractivity contribution < 1.29 is 27.5 Å². The molecule has 2 N–H and O–H groups in total. The summed E-state index contributed by atoms with van der Waals surface area (Å²) in [6.45, 7) is 0.986. The minimum absolute atomic E-state index is 0.111. The molecule has 2 amide bonds. The number of para-hydroxylation sites is 1. The van der Waals surface area contributed by atoms with Crippen molar-refractivity contribution in [2.24, 2.45) is 5.92 Å². The standard InChI is InChI=1S/C24H31N3O6S/c1-32-20-9-11-21(12-10-20)34(30,31)27-15-5-7-19(17-27)24(29)25-14-13-23(28)26-16-18-6-3-4-8-22(18)33-2/h3-4,6,8-12,19H,5,7,13-17H2,1-2H3,(H,25,29)(H,26,28)/t19-/m1/s1. The second-order valence-electron chi connectivity index (χ2n) is 8.01. The summed E-state index contributed by atoms with van der Waals surface area (Å²) in [4.78, 5) is 25.0. The Morgan fingerprint density at radius 1 is 1.03 bits per heavy atom. The van der Waals surface area contributed by atoms with Crippen LogP contribution < -0.4 is 20.1 Å². The van der Waals surface area contributed by atoms with Gasteiger partial charge in [-0.05, 0) is 43.2 Å². The van der Waals surface area contributed by atoms with Gasteiger partial charge in [0.05, 0.1) is 25.0 Å². The molecule has 1 atom stereocenters. The first kappa shape index (κ1) is 25.5. The molecule has 9 nitrogen and oxygen atoms in total. The lowest BCUT2D eigenvalue weighted by Crippen LogP contribution is -2.45. The van der Waals surface area contributed by atoms with E-state index in [2.05, 4.69) is 10.6 Å². The number of sulfonamides is 1. The van der Waals surface area contributed by atoms with E-state index in [1.54, 1.807) is 19.2 Å². The Kier molecular flexibility index (Phi) is 8.89. The van der Waals surface area contributed by atoms with Crippen LogP contribution in [0.4, 0.5) is 0 Å². The Morgan fingerprint density at radius 3 is 2.47 bits per heavy atom. The minimum Gasteiger partial charge on any atom is -0.497 e. The topological polar surface area (TPSA) is 114 Å². The average Bonchev–Trinajstić information content (AvgIpc) is 2.87. The highest BCUT2D eigenvalue weighted by atomic mass is 32.2. The zero-order valence-corrected chi connectivity index (χ0v) is 20.3. The molecule has 2 aromatic carbocycles. The van der Waals surface area contributed by atoms with Gasteiger partial charge >= 0.3 is 0 Å². The molecule has 3 rings (SSSR count). The lowest BCUT2D eigenvalue weighted by atomic mass is 9.99. The molecule has 184 valence electrons. The van der Waals surface area contributed by atoms with Gasteiger partial charge in [0, 0.05) is 38.2 Å². The lowest BCUT2D eigenvalue weighted by molar-refractivity contribution is -0.126. The lowest BCUT2D eigenvalue weighted by Gasteiger charge is -2.31. The molecular weight excluding hydrogens is 458 g/mol. The number of ether oxygens (including phenoxy) is 2. The molecule has 1 saturated heterocycles. The molecule has 1 heterocycles. The molecule has 0 aliphatic carbocycles. The third-order valence-electron chi connectivity index (χ3n) is 5.77. The highest BCUT2D eigenvalue weighted by Crippen LogP contribution is 2.25. The largest absolute Gasteiger partial charge is 0.497 e. The van der Waals surface area contributed by atoms with Gasteiger partial charge in [-0.2, -0.15) is 4.31 Å². The highest BCUT2D eigenvalue weighted by Gasteiger charge is 2.33. The van der Waals surface area contributed by atoms with E-state index >= 15 is 0 Å². The molecule has 1 fully saturated rings. The van der Waals surface area contributed by atoms with E-state index in [1.807, 2.05) is 24.3 Å². The van der Waals surface area contributed by atoms with Gasteiger partial charge in [-0.3, -0.25) is 9.59 Å². The number of nitrogens with zero attached hydrogens (tertiary/aromatic N) is 1. The van der Waals surface area contributed by atoms with Crippen molar-refractivity contribution in [3.05, 3.63) is 54.1 Å². The van der Waals surface area contributed by atoms with Crippen molar-refractivity contribution >= 4 is 21.8 Å². The smallest absolute Gasteiger partial charge is 0.243 e. The van der Waals surface area contributed by atoms with Gasteiger partial charge in [-0.25, -0.2) is 8.42 Å². The van der Waals surface area contributed by atoms with Crippen molar-refractivity contribution in [2.75, 3.05) is 33.9 Å². The molecule has 10 heteroatoms. The molecule has 0 saturated carbocycles. The van der Waals surface area contributed by atoms with Gasteiger partial charge in [0.25, 0.3) is 0 Å². The van der Waals surface area contributed by atoms with E-state index in [1.165, 1.54) is 23.5 Å². The molecule has 0 bridgehead atoms. The van der Waals surface area contributed by atoms with Crippen molar-refractivity contribution in [1.82, 2.24) is 14.9 Å². The van der Waals surface area contributed by atoms with Crippen LogP contribution in [0.25, 0.3) is 0 Å². The maximum atomic E-state index is 13.0. The van der Waals surface area contributed by atoms with Crippen LogP contribution in [0.5, 0.6) is 11.5 Å². The molecule has 1 aliphatic heterocycles. The maximum Gasteiger partial charge on any atom is 0.243 e. The fourth-order valence-electron chi connectivity index (χ4n) is 3.85. The number of hydrogen-bond donors (Lipinski definition) is 2. The monoisotopic (exact) mass is 489 g/mol. The van der Waals surface area contributed by atoms with Crippen molar-refractivity contribution in [3.8, 4) is 11.5 Å². The number of nitrogens with one attached hydrogen (secondary N) is 2. The molecular formula is C24H31N3O6S. The molecule has 0 spiro atoms. The fourth-order valence-corrected chi connectivity index (χ4v) is 5.37. The van der Waals surface area contributed by atoms with Crippen LogP contribution in [-0.4, -0.2) is 58.4 Å². The second-order valence-corrected chi connectivity index (χ2v) is 9.95. The number of carbonyl (C=O) groups is 2. The molecule has 0 radical (unpaired) electrons. The second kappa shape index (κ2) is 11.8. The number of rotatable bonds is 10. The van der Waals surface area contributed by atoms with E-state index in [0.717, 1.165) is 5.56 Å². The van der Waals surface area contributed by atoms with Crippen LogP contribution in [-0.2, 0) is 26.2 Å². The molecule has 2 aromatic rings. The first-order valence-electron chi connectivity index (χ1n) is 11.2. The van der Waals surface area contributed by atoms with E-state index < -0.39 is 15.9 Å². The number of piperidine rings is 1. The number of benzene rings is 2. The average molecular weight is 490 g/mol. The summed E-state index contributed by atoms with van der Waals surface area (Å²) in [5.74, 6) is 0.369. The van der Waals surface area contributed by atoms with Crippen LogP contribution >= 0.6 is 0 Å². The number of hydrogen-bond acceptors (Lipinski definition) is 6. The summed E-state index contributed by atoms with van der Waals surface area (Å²) in [5, 5.41) is 5.58.